The molecule has 94 valence electrons. The largest absolute Gasteiger partial charge is 0.481 e. The van der Waals surface area contributed by atoms with Crippen LogP contribution in [0.15, 0.2) is 22.8 Å². The Bertz CT molecular complexity index is 374. The fraction of sp³-hybridized carbons (Fsp3) is 0.615. The maximum absolute atomic E-state index is 11.4. The first kappa shape index (κ1) is 12.2. The molecule has 1 saturated heterocycles. The van der Waals surface area contributed by atoms with Gasteiger partial charge in [0.05, 0.1) is 18.2 Å². The standard InChI is InChI=1S/C13H19NO3/c1-2-13(12(15)16)6-4-7-14(10-13)9-11-5-3-8-17-11/h3,5,8H,2,4,6-7,9-10H2,1H3,(H,15,16). The van der Waals surface area contributed by atoms with Crippen molar-refractivity contribution in [2.24, 2.45) is 5.41 Å². The summed E-state index contributed by atoms with van der Waals surface area (Å²) in [5.41, 5.74) is -0.565. The lowest BCUT2D eigenvalue weighted by Crippen LogP contribution is -2.47. The lowest BCUT2D eigenvalue weighted by Gasteiger charge is -2.39. The monoisotopic (exact) mass is 237 g/mol. The van der Waals surface area contributed by atoms with E-state index in [1.54, 1.807) is 6.26 Å². The van der Waals surface area contributed by atoms with E-state index in [1.807, 2.05) is 19.1 Å². The van der Waals surface area contributed by atoms with Crippen LogP contribution in [0, 0.1) is 5.41 Å². The highest BCUT2D eigenvalue weighted by Gasteiger charge is 2.40. The number of piperidine rings is 1. The number of nitrogens with zero attached hydrogens (tertiary/aromatic N) is 1. The third kappa shape index (κ3) is 2.52. The Balaban J connectivity index is 2.03. The first-order chi connectivity index (χ1) is 8.16. The number of carbonyl (C=O) groups is 1. The van der Waals surface area contributed by atoms with E-state index >= 15 is 0 Å². The third-order valence-electron chi connectivity index (χ3n) is 3.75. The van der Waals surface area contributed by atoms with Crippen molar-refractivity contribution < 1.29 is 14.3 Å². The van der Waals surface area contributed by atoms with Crippen LogP contribution in [-0.4, -0.2) is 29.1 Å². The highest BCUT2D eigenvalue weighted by molar-refractivity contribution is 5.75. The zero-order valence-corrected chi connectivity index (χ0v) is 10.2. The van der Waals surface area contributed by atoms with Crippen molar-refractivity contribution >= 4 is 5.97 Å². The van der Waals surface area contributed by atoms with Gasteiger partial charge in [0.15, 0.2) is 0 Å². The molecule has 0 saturated carbocycles. The van der Waals surface area contributed by atoms with Gasteiger partial charge in [0.2, 0.25) is 0 Å². The van der Waals surface area contributed by atoms with Crippen LogP contribution in [0.2, 0.25) is 0 Å². The van der Waals surface area contributed by atoms with Gasteiger partial charge >= 0.3 is 5.97 Å². The van der Waals surface area contributed by atoms with Crippen LogP contribution >= 0.6 is 0 Å². The summed E-state index contributed by atoms with van der Waals surface area (Å²) in [5.74, 6) is 0.242. The number of likely N-dealkylation sites (tertiary alicyclic amines) is 1. The fourth-order valence-electron chi connectivity index (χ4n) is 2.60. The van der Waals surface area contributed by atoms with E-state index in [1.165, 1.54) is 0 Å². The van der Waals surface area contributed by atoms with E-state index in [0.29, 0.717) is 19.5 Å². The second-order valence-electron chi connectivity index (χ2n) is 4.83. The van der Waals surface area contributed by atoms with Gasteiger partial charge in [-0.2, -0.15) is 0 Å². The number of carboxylic acid groups (broad SMARTS) is 1. The van der Waals surface area contributed by atoms with E-state index in [4.69, 9.17) is 4.42 Å². The first-order valence-corrected chi connectivity index (χ1v) is 6.14. The Morgan fingerprint density at radius 2 is 2.47 bits per heavy atom. The molecule has 2 heterocycles. The Morgan fingerprint density at radius 1 is 1.65 bits per heavy atom. The molecule has 0 amide bonds. The van der Waals surface area contributed by atoms with Crippen LogP contribution in [0.4, 0.5) is 0 Å². The van der Waals surface area contributed by atoms with Crippen molar-refractivity contribution in [1.82, 2.24) is 4.90 Å². The van der Waals surface area contributed by atoms with Gasteiger partial charge in [-0.05, 0) is 37.9 Å². The predicted octanol–water partition coefficient (Wildman–Crippen LogP) is 2.36. The van der Waals surface area contributed by atoms with Gasteiger partial charge in [-0.15, -0.1) is 0 Å². The maximum Gasteiger partial charge on any atom is 0.310 e. The fourth-order valence-corrected chi connectivity index (χ4v) is 2.60. The summed E-state index contributed by atoms with van der Waals surface area (Å²) in [6.45, 7) is 4.25. The first-order valence-electron chi connectivity index (χ1n) is 6.14. The SMILES string of the molecule is CCC1(C(=O)O)CCCN(Cc2ccco2)C1. The third-order valence-corrected chi connectivity index (χ3v) is 3.75. The van der Waals surface area contributed by atoms with Crippen molar-refractivity contribution in [3.63, 3.8) is 0 Å². The molecular formula is C13H19NO3. The number of rotatable bonds is 4. The molecule has 1 unspecified atom stereocenters. The predicted molar refractivity (Wildman–Crippen MR) is 63.6 cm³/mol. The second-order valence-corrected chi connectivity index (χ2v) is 4.83. The molecule has 0 aliphatic carbocycles. The summed E-state index contributed by atoms with van der Waals surface area (Å²) in [7, 11) is 0. The Morgan fingerprint density at radius 3 is 3.06 bits per heavy atom. The number of hydrogen-bond donors (Lipinski definition) is 1. The molecule has 1 aromatic rings. The zero-order valence-electron chi connectivity index (χ0n) is 10.2. The number of aliphatic carboxylic acids is 1. The highest BCUT2D eigenvalue weighted by atomic mass is 16.4. The lowest BCUT2D eigenvalue weighted by atomic mass is 9.77. The lowest BCUT2D eigenvalue weighted by molar-refractivity contribution is -0.153. The summed E-state index contributed by atoms with van der Waals surface area (Å²) in [6, 6.07) is 3.80. The molecule has 1 N–H and O–H groups in total. The number of furan rings is 1. The molecule has 1 aromatic heterocycles. The van der Waals surface area contributed by atoms with E-state index in [9.17, 15) is 9.90 Å². The summed E-state index contributed by atoms with van der Waals surface area (Å²) < 4.78 is 5.31. The van der Waals surface area contributed by atoms with Crippen LogP contribution in [0.3, 0.4) is 0 Å². The Kier molecular flexibility index (Phi) is 3.52. The van der Waals surface area contributed by atoms with Crippen molar-refractivity contribution in [2.75, 3.05) is 13.1 Å². The summed E-state index contributed by atoms with van der Waals surface area (Å²) in [4.78, 5) is 13.6. The molecule has 17 heavy (non-hydrogen) atoms. The molecule has 0 aromatic carbocycles. The highest BCUT2D eigenvalue weighted by Crippen LogP contribution is 2.34. The minimum Gasteiger partial charge on any atom is -0.481 e. The van der Waals surface area contributed by atoms with Crippen molar-refractivity contribution in [3.8, 4) is 0 Å². The van der Waals surface area contributed by atoms with Crippen LogP contribution in [-0.2, 0) is 11.3 Å². The molecule has 0 radical (unpaired) electrons. The van der Waals surface area contributed by atoms with Gasteiger partial charge in [0.25, 0.3) is 0 Å². The van der Waals surface area contributed by atoms with Gasteiger partial charge in [-0.3, -0.25) is 9.69 Å². The van der Waals surface area contributed by atoms with Crippen molar-refractivity contribution in [1.29, 1.82) is 0 Å². The molecule has 4 nitrogen and oxygen atoms in total. The van der Waals surface area contributed by atoms with Gasteiger partial charge in [-0.25, -0.2) is 0 Å². The van der Waals surface area contributed by atoms with Gasteiger partial charge in [0.1, 0.15) is 5.76 Å². The van der Waals surface area contributed by atoms with E-state index in [2.05, 4.69) is 4.90 Å². The number of hydrogen-bond acceptors (Lipinski definition) is 3. The molecular weight excluding hydrogens is 218 g/mol. The average molecular weight is 237 g/mol. The van der Waals surface area contributed by atoms with E-state index in [-0.39, 0.29) is 0 Å². The van der Waals surface area contributed by atoms with E-state index in [0.717, 1.165) is 25.1 Å². The maximum atomic E-state index is 11.4. The quantitative estimate of drug-likeness (QED) is 0.873. The molecule has 0 bridgehead atoms. The van der Waals surface area contributed by atoms with Crippen molar-refractivity contribution in [2.45, 2.75) is 32.7 Å². The summed E-state index contributed by atoms with van der Waals surface area (Å²) >= 11 is 0. The zero-order chi connectivity index (χ0) is 12.3. The molecule has 1 aliphatic heterocycles. The van der Waals surface area contributed by atoms with Gasteiger partial charge in [-0.1, -0.05) is 6.92 Å². The molecule has 1 fully saturated rings. The van der Waals surface area contributed by atoms with Crippen LogP contribution in [0.5, 0.6) is 0 Å². The minimum absolute atomic E-state index is 0.565. The van der Waals surface area contributed by atoms with E-state index < -0.39 is 11.4 Å². The van der Waals surface area contributed by atoms with Gasteiger partial charge < -0.3 is 9.52 Å². The molecule has 0 spiro atoms. The average Bonchev–Trinajstić information content (AvgIpc) is 2.82. The smallest absolute Gasteiger partial charge is 0.310 e. The molecule has 1 atom stereocenters. The summed E-state index contributed by atoms with van der Waals surface area (Å²) in [5, 5.41) is 9.38. The minimum atomic E-state index is -0.663. The van der Waals surface area contributed by atoms with Crippen LogP contribution < -0.4 is 0 Å². The van der Waals surface area contributed by atoms with Crippen LogP contribution in [0.1, 0.15) is 31.9 Å². The second kappa shape index (κ2) is 4.92. The summed E-state index contributed by atoms with van der Waals surface area (Å²) in [6.07, 6.45) is 4.08. The Hall–Kier alpha value is -1.29. The van der Waals surface area contributed by atoms with Crippen LogP contribution in [0.25, 0.3) is 0 Å². The van der Waals surface area contributed by atoms with Gasteiger partial charge in [0, 0.05) is 6.54 Å². The molecule has 4 heteroatoms. The number of carboxylic acids is 1. The van der Waals surface area contributed by atoms with Crippen molar-refractivity contribution in [3.05, 3.63) is 24.2 Å². The topological polar surface area (TPSA) is 53.7 Å². The molecule has 2 rings (SSSR count). The molecule has 1 aliphatic rings. The Labute approximate surface area is 101 Å². The normalized spacial score (nSPS) is 25.9.